The van der Waals surface area contributed by atoms with E-state index in [2.05, 4.69) is 9.97 Å². The molecule has 168 valence electrons. The molecule has 1 aliphatic rings. The Balaban J connectivity index is 1.90. The number of rotatable bonds is 4. The van der Waals surface area contributed by atoms with Gasteiger partial charge in [-0.3, -0.25) is 4.40 Å². The van der Waals surface area contributed by atoms with Crippen LogP contribution >= 0.6 is 11.6 Å². The highest BCUT2D eigenvalue weighted by atomic mass is 35.5. The van der Waals surface area contributed by atoms with E-state index in [4.69, 9.17) is 11.6 Å². The number of hydrogen-bond acceptors (Lipinski definition) is 4. The molecule has 11 heteroatoms. The van der Waals surface area contributed by atoms with Crippen molar-refractivity contribution in [2.45, 2.75) is 13.1 Å². The highest BCUT2D eigenvalue weighted by Gasteiger charge is 2.38. The molecule has 0 spiro atoms. The molecule has 0 fully saturated rings. The molecule has 0 saturated carbocycles. The maximum atomic E-state index is 13.1. The van der Waals surface area contributed by atoms with Crippen molar-refractivity contribution < 1.29 is 21.9 Å². The fraction of sp³-hybridized carbons (Fsp3) is 0.238. The number of nitrogens with zero attached hydrogens (tertiary/aromatic N) is 4. The van der Waals surface area contributed by atoms with Crippen molar-refractivity contribution in [3.8, 4) is 0 Å². The fourth-order valence-electron chi connectivity index (χ4n) is 3.51. The van der Waals surface area contributed by atoms with Gasteiger partial charge in [-0.1, -0.05) is 27.9 Å². The third-order valence-electron chi connectivity index (χ3n) is 5.16. The summed E-state index contributed by atoms with van der Waals surface area (Å²) in [5.74, 6) is -0.0305. The quantitative estimate of drug-likeness (QED) is 0.523. The third-order valence-corrected chi connectivity index (χ3v) is 7.19. The summed E-state index contributed by atoms with van der Waals surface area (Å²) in [6.07, 6.45) is -0.408. The van der Waals surface area contributed by atoms with E-state index >= 15 is 0 Å². The number of halogens is 4. The monoisotopic (exact) mass is 483 g/mol. The molecule has 0 aliphatic carbocycles. The molecule has 1 aliphatic heterocycles. The van der Waals surface area contributed by atoms with Crippen LogP contribution in [0.3, 0.4) is 0 Å². The molecule has 0 saturated heterocycles. The fourth-order valence-corrected chi connectivity index (χ4v) is 4.84. The maximum Gasteiger partial charge on any atom is 0.433 e. The van der Waals surface area contributed by atoms with Crippen molar-refractivity contribution in [1.29, 1.82) is 0 Å². The number of fused-ring (bicyclic) bond motifs is 1. The molecule has 0 radical (unpaired) electrons. The van der Waals surface area contributed by atoms with Crippen molar-refractivity contribution >= 4 is 38.7 Å². The topological polar surface area (TPSA) is 70.7 Å². The predicted octanol–water partition coefficient (Wildman–Crippen LogP) is 5.09. The maximum absolute atomic E-state index is 13.1. The number of imidazole rings is 1. The van der Waals surface area contributed by atoms with Gasteiger partial charge in [0, 0.05) is 37.0 Å². The lowest BCUT2D eigenvalue weighted by atomic mass is 10.0. The van der Waals surface area contributed by atoms with Crippen molar-refractivity contribution in [3.05, 3.63) is 75.8 Å². The summed E-state index contributed by atoms with van der Waals surface area (Å²) in [4.78, 5) is 9.69. The zero-order valence-corrected chi connectivity index (χ0v) is 18.7. The summed E-state index contributed by atoms with van der Waals surface area (Å²) in [6, 6.07) is 7.97. The Morgan fingerprint density at radius 2 is 1.94 bits per heavy atom. The van der Waals surface area contributed by atoms with Crippen LogP contribution in [0.5, 0.6) is 0 Å². The minimum atomic E-state index is -4.60. The number of likely N-dealkylation sites (N-methyl/N-ethyl adjacent to an activating group) is 1. The number of aromatic nitrogens is 3. The smallest absolute Gasteiger partial charge is 0.364 e. The predicted molar refractivity (Wildman–Crippen MR) is 118 cm³/mol. The Hall–Kier alpha value is -2.69. The van der Waals surface area contributed by atoms with E-state index in [1.54, 1.807) is 37.1 Å². The zero-order valence-electron chi connectivity index (χ0n) is 17.1. The van der Waals surface area contributed by atoms with Gasteiger partial charge in [0.1, 0.15) is 34.8 Å². The van der Waals surface area contributed by atoms with Crippen LogP contribution in [0.2, 0.25) is 5.02 Å². The van der Waals surface area contributed by atoms with E-state index in [9.17, 15) is 21.9 Å². The Kier molecular flexibility index (Phi) is 5.64. The lowest BCUT2D eigenvalue weighted by Crippen LogP contribution is -2.29. The van der Waals surface area contributed by atoms with E-state index in [0.29, 0.717) is 17.3 Å². The average molecular weight is 484 g/mol. The Morgan fingerprint density at radius 1 is 1.25 bits per heavy atom. The van der Waals surface area contributed by atoms with Crippen LogP contribution in [0.1, 0.15) is 23.9 Å². The van der Waals surface area contributed by atoms with Crippen LogP contribution in [0.15, 0.2) is 53.8 Å². The SMILES string of the molecule is CC[S+](=O)(O)C1=C(c2cn3cnc(C(F)(F)F)cc3n2)N(C)CC(c2ccc(Cl)cc2)=C1. The first kappa shape index (κ1) is 22.5. The first-order valence-corrected chi connectivity index (χ1v) is 11.6. The van der Waals surface area contributed by atoms with Crippen LogP contribution < -0.4 is 0 Å². The average Bonchev–Trinajstić information content (AvgIpc) is 3.16. The van der Waals surface area contributed by atoms with Gasteiger partial charge in [-0.05, 0) is 30.2 Å². The van der Waals surface area contributed by atoms with Gasteiger partial charge in [-0.15, -0.1) is 0 Å². The Morgan fingerprint density at radius 3 is 2.56 bits per heavy atom. The molecule has 4 rings (SSSR count). The van der Waals surface area contributed by atoms with E-state index in [1.807, 2.05) is 12.1 Å². The molecule has 1 N–H and O–H groups in total. The van der Waals surface area contributed by atoms with Crippen LogP contribution in [-0.2, 0) is 20.6 Å². The summed E-state index contributed by atoms with van der Waals surface area (Å²) in [5.41, 5.74) is 1.30. The largest absolute Gasteiger partial charge is 0.433 e. The summed E-state index contributed by atoms with van der Waals surface area (Å²) in [7, 11) is -1.69. The first-order valence-electron chi connectivity index (χ1n) is 9.58. The Labute approximate surface area is 188 Å². The van der Waals surface area contributed by atoms with Gasteiger partial charge in [0.05, 0.1) is 0 Å². The number of alkyl halides is 3. The molecule has 0 amide bonds. The molecular weight excluding hydrogens is 465 g/mol. The summed E-state index contributed by atoms with van der Waals surface area (Å²) in [6.45, 7) is 2.00. The van der Waals surface area contributed by atoms with E-state index in [1.165, 1.54) is 10.6 Å². The molecule has 1 aromatic carbocycles. The lowest BCUT2D eigenvalue weighted by Gasteiger charge is -2.28. The Bertz CT molecular complexity index is 1300. The van der Waals surface area contributed by atoms with Crippen LogP contribution in [0.4, 0.5) is 13.2 Å². The van der Waals surface area contributed by atoms with Crippen molar-refractivity contribution in [1.82, 2.24) is 19.3 Å². The summed E-state index contributed by atoms with van der Waals surface area (Å²) < 4.78 is 64.2. The van der Waals surface area contributed by atoms with Crippen molar-refractivity contribution in [3.63, 3.8) is 0 Å². The molecule has 1 atom stereocenters. The third kappa shape index (κ3) is 4.17. The molecule has 32 heavy (non-hydrogen) atoms. The molecule has 6 nitrogen and oxygen atoms in total. The van der Waals surface area contributed by atoms with Gasteiger partial charge in [0.15, 0.2) is 0 Å². The standard InChI is InChI=1S/C21H18ClF3N4O2S/c1-3-32(30,31)17-8-14(13-4-6-15(22)7-5-13)10-28(2)20(17)16-11-29-12-26-18(21(23,24)25)9-19(29)27-16/h4-9,11-12H,3,10H2,1-2H3/p+1. The number of hydrogen-bond donors (Lipinski definition) is 1. The molecule has 1 unspecified atom stereocenters. The van der Waals surface area contributed by atoms with Gasteiger partial charge < -0.3 is 4.90 Å². The molecular formula is C21H19ClF3N4O2S+. The summed E-state index contributed by atoms with van der Waals surface area (Å²) in [5, 5.41) is 0.575. The van der Waals surface area contributed by atoms with Crippen LogP contribution in [0, 0.1) is 0 Å². The second-order valence-corrected chi connectivity index (χ2v) is 10.1. The second-order valence-electron chi connectivity index (χ2n) is 7.34. The normalized spacial score (nSPS) is 17.0. The molecule has 3 heterocycles. The van der Waals surface area contributed by atoms with E-state index < -0.39 is 22.1 Å². The number of benzene rings is 1. The molecule has 2 aromatic heterocycles. The number of allylic oxidation sites excluding steroid dienone is 1. The van der Waals surface area contributed by atoms with Gasteiger partial charge >= 0.3 is 6.18 Å². The van der Waals surface area contributed by atoms with Crippen molar-refractivity contribution in [2.75, 3.05) is 19.3 Å². The van der Waals surface area contributed by atoms with Crippen LogP contribution in [0.25, 0.3) is 16.9 Å². The minimum Gasteiger partial charge on any atom is -0.364 e. The molecule has 0 bridgehead atoms. The van der Waals surface area contributed by atoms with Crippen molar-refractivity contribution in [2.24, 2.45) is 0 Å². The lowest BCUT2D eigenvalue weighted by molar-refractivity contribution is -0.141. The highest BCUT2D eigenvalue weighted by molar-refractivity contribution is 8.01. The summed E-state index contributed by atoms with van der Waals surface area (Å²) >= 11 is 5.97. The first-order chi connectivity index (χ1) is 15.0. The van der Waals surface area contributed by atoms with Gasteiger partial charge in [-0.25, -0.2) is 9.97 Å². The van der Waals surface area contributed by atoms with E-state index in [-0.39, 0.29) is 22.0 Å². The zero-order chi connectivity index (χ0) is 23.3. The second kappa shape index (κ2) is 8.02. The minimum absolute atomic E-state index is 0.0305. The van der Waals surface area contributed by atoms with E-state index in [0.717, 1.165) is 23.5 Å². The van der Waals surface area contributed by atoms with Gasteiger partial charge in [0.25, 0.3) is 0 Å². The van der Waals surface area contributed by atoms with Gasteiger partial charge in [0.2, 0.25) is 15.1 Å². The molecule has 3 aromatic rings. The highest BCUT2D eigenvalue weighted by Crippen LogP contribution is 2.37. The van der Waals surface area contributed by atoms with Crippen LogP contribution in [-0.4, -0.2) is 43.2 Å². The van der Waals surface area contributed by atoms with Gasteiger partial charge in [-0.2, -0.15) is 17.7 Å².